The number of aliphatic hydroxyl groups excluding tert-OH is 3. The van der Waals surface area contributed by atoms with E-state index in [1.54, 1.807) is 0 Å². The fourth-order valence-electron chi connectivity index (χ4n) is 10.9. The van der Waals surface area contributed by atoms with Crippen LogP contribution < -0.4 is 0 Å². The van der Waals surface area contributed by atoms with Crippen LogP contribution in [-0.2, 0) is 4.74 Å². The number of fused-ring (bicyclic) bond motifs is 5. The molecule has 4 aliphatic carbocycles. The molecule has 3 N–H and O–H groups in total. The van der Waals surface area contributed by atoms with E-state index in [1.807, 2.05) is 4.90 Å². The van der Waals surface area contributed by atoms with Gasteiger partial charge in [0.05, 0.1) is 18.8 Å². The van der Waals surface area contributed by atoms with Gasteiger partial charge in [0.25, 0.3) is 0 Å². The fraction of sp³-hybridized carbons (Fsp3) is 0.970. The van der Waals surface area contributed by atoms with Gasteiger partial charge in [0.1, 0.15) is 0 Å². The van der Waals surface area contributed by atoms with Gasteiger partial charge in [-0.1, -0.05) is 41.0 Å². The first-order valence-corrected chi connectivity index (χ1v) is 16.4. The van der Waals surface area contributed by atoms with Crippen LogP contribution in [0.15, 0.2) is 0 Å². The molecule has 6 heteroatoms. The van der Waals surface area contributed by atoms with E-state index >= 15 is 0 Å². The Balaban J connectivity index is 1.21. The van der Waals surface area contributed by atoms with Crippen LogP contribution in [0.4, 0.5) is 4.79 Å². The van der Waals surface area contributed by atoms with Crippen LogP contribution in [0, 0.1) is 57.7 Å². The quantitative estimate of drug-likeness (QED) is 0.387. The average molecular weight is 548 g/mol. The maximum Gasteiger partial charge on any atom is 0.409 e. The molecule has 6 nitrogen and oxygen atoms in total. The molecule has 1 heterocycles. The zero-order valence-corrected chi connectivity index (χ0v) is 25.4. The number of aliphatic hydroxyl groups is 3. The summed E-state index contributed by atoms with van der Waals surface area (Å²) in [6.07, 6.45) is 10.7. The first kappa shape index (κ1) is 29.6. The van der Waals surface area contributed by atoms with E-state index in [0.29, 0.717) is 61.1 Å². The Morgan fingerprint density at radius 2 is 1.62 bits per heavy atom. The lowest BCUT2D eigenvalue weighted by molar-refractivity contribution is -0.203. The summed E-state index contributed by atoms with van der Waals surface area (Å²) in [5.74, 6) is 3.34. The highest BCUT2D eigenvalue weighted by atomic mass is 16.6. The zero-order chi connectivity index (χ0) is 28.2. The third-order valence-corrected chi connectivity index (χ3v) is 13.6. The zero-order valence-electron chi connectivity index (χ0n) is 25.4. The van der Waals surface area contributed by atoms with Gasteiger partial charge in [0, 0.05) is 19.7 Å². The monoisotopic (exact) mass is 547 g/mol. The van der Waals surface area contributed by atoms with Crippen molar-refractivity contribution in [3.63, 3.8) is 0 Å². The summed E-state index contributed by atoms with van der Waals surface area (Å²) in [4.78, 5) is 14.5. The van der Waals surface area contributed by atoms with Crippen molar-refractivity contribution in [2.75, 3.05) is 26.3 Å². The van der Waals surface area contributed by atoms with Gasteiger partial charge >= 0.3 is 6.09 Å². The molecule has 5 aliphatic rings. The van der Waals surface area contributed by atoms with Crippen LogP contribution in [0.2, 0.25) is 0 Å². The summed E-state index contributed by atoms with van der Waals surface area (Å²) < 4.78 is 5.76. The van der Waals surface area contributed by atoms with E-state index in [9.17, 15) is 20.1 Å². The Labute approximate surface area is 237 Å². The summed E-state index contributed by atoms with van der Waals surface area (Å²) >= 11 is 0. The number of carbonyl (C=O) groups excluding carboxylic acids is 1. The minimum atomic E-state index is -0.250. The molecule has 0 aromatic carbocycles. The molecular weight excluding hydrogens is 490 g/mol. The predicted molar refractivity (Wildman–Crippen MR) is 153 cm³/mol. The number of hydrogen-bond donors (Lipinski definition) is 3. The first-order valence-electron chi connectivity index (χ1n) is 16.4. The second-order valence-corrected chi connectivity index (χ2v) is 15.5. The smallest absolute Gasteiger partial charge is 0.409 e. The van der Waals surface area contributed by atoms with Crippen molar-refractivity contribution in [3.05, 3.63) is 0 Å². The molecule has 11 atom stereocenters. The molecule has 1 amide bonds. The highest BCUT2D eigenvalue weighted by molar-refractivity contribution is 5.67. The summed E-state index contributed by atoms with van der Waals surface area (Å²) in [5.41, 5.74) is 0.410. The molecule has 0 bridgehead atoms. The SMILES string of the molecule is CC[C@@H]1C2C[C@H](O)CCC2(C)[C@H]2CCC3(C)[C@@H]([C@H](C)CCOC(=O)N4CCC(C)(CO)CC4)CC[C@H]3[C@@H]2[C@@H]1O. The predicted octanol–water partition coefficient (Wildman–Crippen LogP) is 5.87. The lowest BCUT2D eigenvalue weighted by atomic mass is 9.41. The summed E-state index contributed by atoms with van der Waals surface area (Å²) in [7, 11) is 0. The molecule has 0 radical (unpaired) electrons. The Morgan fingerprint density at radius 1 is 0.949 bits per heavy atom. The van der Waals surface area contributed by atoms with Crippen LogP contribution in [0.1, 0.15) is 105 Å². The molecular formula is C33H57NO5. The average Bonchev–Trinajstić information content (AvgIpc) is 3.27. The third-order valence-electron chi connectivity index (χ3n) is 13.6. The number of likely N-dealkylation sites (tertiary alicyclic amines) is 1. The van der Waals surface area contributed by atoms with Crippen LogP contribution in [0.5, 0.6) is 0 Å². The molecule has 224 valence electrons. The number of rotatable bonds is 6. The normalized spacial score (nSPS) is 46.1. The van der Waals surface area contributed by atoms with Crippen molar-refractivity contribution in [2.45, 2.75) is 117 Å². The van der Waals surface area contributed by atoms with Crippen molar-refractivity contribution in [3.8, 4) is 0 Å². The van der Waals surface area contributed by atoms with Crippen LogP contribution in [0.25, 0.3) is 0 Å². The number of amides is 1. The first-order chi connectivity index (χ1) is 18.5. The van der Waals surface area contributed by atoms with Gasteiger partial charge in [-0.15, -0.1) is 0 Å². The molecule has 39 heavy (non-hydrogen) atoms. The molecule has 1 saturated heterocycles. The van der Waals surface area contributed by atoms with Gasteiger partial charge in [-0.05, 0) is 122 Å². The van der Waals surface area contributed by atoms with Crippen molar-refractivity contribution in [1.82, 2.24) is 4.90 Å². The molecule has 0 aromatic rings. The maximum atomic E-state index is 12.7. The lowest BCUT2D eigenvalue weighted by Gasteiger charge is -2.64. The third kappa shape index (κ3) is 5.07. The van der Waals surface area contributed by atoms with Gasteiger partial charge in [0.2, 0.25) is 0 Å². The van der Waals surface area contributed by atoms with Gasteiger partial charge in [-0.2, -0.15) is 0 Å². The highest BCUT2D eigenvalue weighted by Crippen LogP contribution is 2.69. The molecule has 0 spiro atoms. The molecule has 0 aromatic heterocycles. The van der Waals surface area contributed by atoms with Crippen molar-refractivity contribution in [1.29, 1.82) is 0 Å². The minimum absolute atomic E-state index is 0.0710. The standard InChI is InChI=1S/C33H57NO5/c1-6-23-27-19-22(36)9-12-33(27,5)26-10-13-32(4)24(7-8-25(32)28(26)29(23)37)21(2)11-18-39-30(38)34-16-14-31(3,20-35)15-17-34/h21-29,35-37H,6-20H2,1-5H3/t21-,22-,23-,24-,25+,26+,27?,28+,29-,32?,33?/m1/s1. The molecule has 5 fully saturated rings. The largest absolute Gasteiger partial charge is 0.449 e. The maximum absolute atomic E-state index is 12.7. The summed E-state index contributed by atoms with van der Waals surface area (Å²) in [6.45, 7) is 13.7. The fourth-order valence-corrected chi connectivity index (χ4v) is 10.9. The lowest BCUT2D eigenvalue weighted by Crippen LogP contribution is -2.62. The second kappa shape index (κ2) is 11.1. The summed E-state index contributed by atoms with van der Waals surface area (Å²) in [6, 6.07) is 0. The van der Waals surface area contributed by atoms with Crippen LogP contribution in [-0.4, -0.2) is 64.8 Å². The van der Waals surface area contributed by atoms with Crippen LogP contribution in [0.3, 0.4) is 0 Å². The van der Waals surface area contributed by atoms with E-state index in [-0.39, 0.29) is 41.2 Å². The molecule has 3 unspecified atom stereocenters. The highest BCUT2D eigenvalue weighted by Gasteiger charge is 2.64. The van der Waals surface area contributed by atoms with Gasteiger partial charge < -0.3 is 25.0 Å². The van der Waals surface area contributed by atoms with E-state index < -0.39 is 0 Å². The Hall–Kier alpha value is -0.850. The topological polar surface area (TPSA) is 90.2 Å². The number of hydrogen-bond acceptors (Lipinski definition) is 5. The second-order valence-electron chi connectivity index (χ2n) is 15.5. The van der Waals surface area contributed by atoms with Crippen molar-refractivity contribution >= 4 is 6.09 Å². The van der Waals surface area contributed by atoms with Gasteiger partial charge in [-0.25, -0.2) is 4.79 Å². The minimum Gasteiger partial charge on any atom is -0.449 e. The number of carbonyl (C=O) groups is 1. The van der Waals surface area contributed by atoms with Gasteiger partial charge in [0.15, 0.2) is 0 Å². The number of piperidine rings is 1. The molecule has 4 saturated carbocycles. The molecule has 1 aliphatic heterocycles. The Bertz CT molecular complexity index is 872. The van der Waals surface area contributed by atoms with Crippen LogP contribution >= 0.6 is 0 Å². The number of ether oxygens (including phenoxy) is 1. The summed E-state index contributed by atoms with van der Waals surface area (Å²) in [5, 5.41) is 32.0. The Morgan fingerprint density at radius 3 is 2.28 bits per heavy atom. The number of nitrogens with zero attached hydrogens (tertiary/aromatic N) is 1. The van der Waals surface area contributed by atoms with E-state index in [0.717, 1.165) is 44.9 Å². The van der Waals surface area contributed by atoms with E-state index in [4.69, 9.17) is 4.74 Å². The van der Waals surface area contributed by atoms with Gasteiger partial charge in [-0.3, -0.25) is 0 Å². The van der Waals surface area contributed by atoms with Crippen molar-refractivity contribution in [2.24, 2.45) is 57.7 Å². The molecule has 5 rings (SSSR count). The van der Waals surface area contributed by atoms with E-state index in [1.165, 1.54) is 25.7 Å². The van der Waals surface area contributed by atoms with E-state index in [2.05, 4.69) is 34.6 Å². The van der Waals surface area contributed by atoms with Crippen molar-refractivity contribution < 1.29 is 24.9 Å². The Kier molecular flexibility index (Phi) is 8.43.